The van der Waals surface area contributed by atoms with E-state index in [9.17, 15) is 13.2 Å². The van der Waals surface area contributed by atoms with E-state index in [1.165, 1.54) is 6.07 Å². The van der Waals surface area contributed by atoms with Crippen molar-refractivity contribution in [1.82, 2.24) is 0 Å². The molecular weight excluding hydrogens is 381 g/mol. The normalized spacial score (nSPS) is 12.4. The average molecular weight is 392 g/mol. The van der Waals surface area contributed by atoms with Gasteiger partial charge in [-0.25, -0.2) is 0 Å². The van der Waals surface area contributed by atoms with Crippen LogP contribution >= 0.6 is 27.5 Å². The van der Waals surface area contributed by atoms with E-state index < -0.39 is 11.7 Å². The lowest BCUT2D eigenvalue weighted by atomic mass is 10.1. The molecule has 22 heavy (non-hydrogen) atoms. The van der Waals surface area contributed by atoms with Crippen LogP contribution in [0.5, 0.6) is 0 Å². The second-order valence-corrected chi connectivity index (χ2v) is 5.74. The van der Waals surface area contributed by atoms with Crippen molar-refractivity contribution < 1.29 is 13.2 Å². The van der Waals surface area contributed by atoms with Crippen LogP contribution in [0.15, 0.2) is 52.0 Å². The lowest BCUT2D eigenvalue weighted by Gasteiger charge is -2.11. The van der Waals surface area contributed by atoms with Crippen LogP contribution in [-0.4, -0.2) is 5.71 Å². The minimum Gasteiger partial charge on any atom is -0.277 e. The maximum absolute atomic E-state index is 12.7. The summed E-state index contributed by atoms with van der Waals surface area (Å²) in [7, 11) is 0. The zero-order chi connectivity index (χ0) is 16.3. The molecule has 7 heteroatoms. The van der Waals surface area contributed by atoms with Crippen molar-refractivity contribution in [3.8, 4) is 0 Å². The number of nitrogens with one attached hydrogen (secondary N) is 1. The molecule has 0 atom stereocenters. The van der Waals surface area contributed by atoms with Crippen molar-refractivity contribution in [2.24, 2.45) is 5.10 Å². The zero-order valence-electron chi connectivity index (χ0n) is 11.4. The summed E-state index contributed by atoms with van der Waals surface area (Å²) < 4.78 is 39.0. The zero-order valence-corrected chi connectivity index (χ0v) is 13.7. The van der Waals surface area contributed by atoms with Crippen LogP contribution in [0.4, 0.5) is 18.9 Å². The van der Waals surface area contributed by atoms with Crippen molar-refractivity contribution in [1.29, 1.82) is 0 Å². The van der Waals surface area contributed by atoms with Gasteiger partial charge in [-0.1, -0.05) is 45.7 Å². The first-order chi connectivity index (χ1) is 10.3. The number of halogens is 5. The highest BCUT2D eigenvalue weighted by Gasteiger charge is 2.30. The molecule has 0 heterocycles. The lowest BCUT2D eigenvalue weighted by molar-refractivity contribution is -0.137. The van der Waals surface area contributed by atoms with Crippen LogP contribution in [0, 0.1) is 0 Å². The maximum atomic E-state index is 12.7. The standard InChI is InChI=1S/C15H11BrClF3N2/c1-9(11-4-2-3-5-12(11)16)21-22-14-8-10(15(18,19)20)6-7-13(14)17/h2-8,22H,1H3/b21-9+. The highest BCUT2D eigenvalue weighted by atomic mass is 79.9. The van der Waals surface area contributed by atoms with E-state index in [-0.39, 0.29) is 10.7 Å². The molecule has 116 valence electrons. The Hall–Kier alpha value is -1.53. The molecule has 0 bridgehead atoms. The van der Waals surface area contributed by atoms with Crippen LogP contribution in [0.2, 0.25) is 5.02 Å². The maximum Gasteiger partial charge on any atom is 0.416 e. The number of alkyl halides is 3. The van der Waals surface area contributed by atoms with E-state index >= 15 is 0 Å². The summed E-state index contributed by atoms with van der Waals surface area (Å²) in [5, 5.41) is 4.26. The molecule has 1 N–H and O–H groups in total. The number of hydrogen-bond acceptors (Lipinski definition) is 2. The third-order valence-electron chi connectivity index (χ3n) is 2.90. The van der Waals surface area contributed by atoms with Crippen molar-refractivity contribution in [3.63, 3.8) is 0 Å². The van der Waals surface area contributed by atoms with Crippen LogP contribution < -0.4 is 5.43 Å². The first kappa shape index (κ1) is 16.8. The molecular formula is C15H11BrClF3N2. The Kier molecular flexibility index (Phi) is 5.13. The molecule has 0 aromatic heterocycles. The van der Waals surface area contributed by atoms with Gasteiger partial charge in [0.15, 0.2) is 0 Å². The minimum atomic E-state index is -4.43. The molecule has 0 aliphatic rings. The Labute approximate surface area is 139 Å². The fourth-order valence-electron chi connectivity index (χ4n) is 1.75. The first-order valence-corrected chi connectivity index (χ1v) is 7.38. The molecule has 0 radical (unpaired) electrons. The molecule has 0 aliphatic heterocycles. The monoisotopic (exact) mass is 390 g/mol. The lowest BCUT2D eigenvalue weighted by Crippen LogP contribution is -2.06. The van der Waals surface area contributed by atoms with Gasteiger partial charge in [-0.2, -0.15) is 18.3 Å². The van der Waals surface area contributed by atoms with Gasteiger partial charge >= 0.3 is 6.18 Å². The summed E-state index contributed by atoms with van der Waals surface area (Å²) in [4.78, 5) is 0. The van der Waals surface area contributed by atoms with Crippen LogP contribution in [-0.2, 0) is 6.18 Å². The number of hydrogen-bond donors (Lipinski definition) is 1. The van der Waals surface area contributed by atoms with E-state index in [4.69, 9.17) is 11.6 Å². The molecule has 2 aromatic carbocycles. The van der Waals surface area contributed by atoms with Crippen LogP contribution in [0.1, 0.15) is 18.1 Å². The van der Waals surface area contributed by atoms with Crippen molar-refractivity contribution in [2.75, 3.05) is 5.43 Å². The quantitative estimate of drug-likeness (QED) is 0.507. The molecule has 0 amide bonds. The van der Waals surface area contributed by atoms with E-state index in [0.29, 0.717) is 5.71 Å². The molecule has 2 aromatic rings. The number of nitrogens with zero attached hydrogens (tertiary/aromatic N) is 1. The summed E-state index contributed by atoms with van der Waals surface area (Å²) >= 11 is 9.29. The molecule has 2 nitrogen and oxygen atoms in total. The van der Waals surface area contributed by atoms with Gasteiger partial charge in [-0.05, 0) is 31.2 Å². The predicted molar refractivity (Wildman–Crippen MR) is 86.4 cm³/mol. The Morgan fingerprint density at radius 3 is 2.50 bits per heavy atom. The summed E-state index contributed by atoms with van der Waals surface area (Å²) in [6, 6.07) is 10.4. The van der Waals surface area contributed by atoms with Gasteiger partial charge in [0.2, 0.25) is 0 Å². The van der Waals surface area contributed by atoms with E-state index in [1.807, 2.05) is 24.3 Å². The van der Waals surface area contributed by atoms with Crippen LogP contribution in [0.25, 0.3) is 0 Å². The van der Waals surface area contributed by atoms with Gasteiger partial charge in [0.25, 0.3) is 0 Å². The van der Waals surface area contributed by atoms with E-state index in [0.717, 1.165) is 22.2 Å². The largest absolute Gasteiger partial charge is 0.416 e. The van der Waals surface area contributed by atoms with Gasteiger partial charge in [-0.3, -0.25) is 5.43 Å². The second-order valence-electron chi connectivity index (χ2n) is 4.48. The minimum absolute atomic E-state index is 0.0999. The summed E-state index contributed by atoms with van der Waals surface area (Å²) in [6.07, 6.45) is -4.43. The Morgan fingerprint density at radius 2 is 1.86 bits per heavy atom. The smallest absolute Gasteiger partial charge is 0.277 e. The number of benzene rings is 2. The van der Waals surface area contributed by atoms with Gasteiger partial charge in [0.1, 0.15) is 0 Å². The first-order valence-electron chi connectivity index (χ1n) is 6.21. The Balaban J connectivity index is 2.28. The Bertz CT molecular complexity index is 714. The summed E-state index contributed by atoms with van der Waals surface area (Å²) in [6.45, 7) is 1.74. The van der Waals surface area contributed by atoms with Gasteiger partial charge in [0, 0.05) is 10.0 Å². The fraction of sp³-hybridized carbons (Fsp3) is 0.133. The van der Waals surface area contributed by atoms with Crippen LogP contribution in [0.3, 0.4) is 0 Å². The predicted octanol–water partition coefficient (Wildman–Crippen LogP) is 5.96. The van der Waals surface area contributed by atoms with Gasteiger partial charge in [0.05, 0.1) is 22.0 Å². The van der Waals surface area contributed by atoms with Gasteiger partial charge in [-0.15, -0.1) is 0 Å². The topological polar surface area (TPSA) is 24.4 Å². The number of rotatable bonds is 3. The second kappa shape index (κ2) is 6.71. The molecule has 0 aliphatic carbocycles. The molecule has 0 unspecified atom stereocenters. The van der Waals surface area contributed by atoms with E-state index in [2.05, 4.69) is 26.5 Å². The van der Waals surface area contributed by atoms with Crippen molar-refractivity contribution in [2.45, 2.75) is 13.1 Å². The third kappa shape index (κ3) is 4.01. The SMILES string of the molecule is C/C(=N\Nc1cc(C(F)(F)F)ccc1Cl)c1ccccc1Br. The average Bonchev–Trinajstić information content (AvgIpc) is 2.45. The van der Waals surface area contributed by atoms with E-state index in [1.54, 1.807) is 6.92 Å². The Morgan fingerprint density at radius 1 is 1.18 bits per heavy atom. The number of anilines is 1. The highest BCUT2D eigenvalue weighted by Crippen LogP contribution is 2.33. The molecule has 0 spiro atoms. The molecule has 0 saturated heterocycles. The van der Waals surface area contributed by atoms with Gasteiger partial charge < -0.3 is 0 Å². The molecule has 0 fully saturated rings. The fourth-order valence-corrected chi connectivity index (χ4v) is 2.48. The van der Waals surface area contributed by atoms with Crippen molar-refractivity contribution >= 4 is 38.9 Å². The summed E-state index contributed by atoms with van der Waals surface area (Å²) in [5.41, 5.74) is 3.35. The number of hydrazone groups is 1. The highest BCUT2D eigenvalue weighted by molar-refractivity contribution is 9.10. The third-order valence-corrected chi connectivity index (χ3v) is 3.92. The van der Waals surface area contributed by atoms with Crippen molar-refractivity contribution in [3.05, 3.63) is 63.1 Å². The summed E-state index contributed by atoms with van der Waals surface area (Å²) in [5.74, 6) is 0. The molecule has 0 saturated carbocycles. The molecule has 2 rings (SSSR count).